The molecule has 2 rings (SSSR count). The molecule has 0 aliphatic carbocycles. The van der Waals surface area contributed by atoms with Gasteiger partial charge in [0, 0.05) is 18.7 Å². The van der Waals surface area contributed by atoms with Crippen LogP contribution in [0.15, 0.2) is 24.3 Å². The minimum atomic E-state index is -0.0969. The summed E-state index contributed by atoms with van der Waals surface area (Å²) in [7, 11) is 5.63. The minimum absolute atomic E-state index is 0.0110. The van der Waals surface area contributed by atoms with Crippen molar-refractivity contribution >= 4 is 5.91 Å². The summed E-state index contributed by atoms with van der Waals surface area (Å²) < 4.78 is 16.7. The lowest BCUT2D eigenvalue weighted by Gasteiger charge is -2.32. The van der Waals surface area contributed by atoms with Crippen LogP contribution >= 0.6 is 0 Å². The van der Waals surface area contributed by atoms with Gasteiger partial charge < -0.3 is 24.4 Å². The standard InChI is InChI=1S/C18H28N2O4/c1-20(2)9-11-24-17-13-23-10-8-15(17)19-18(21)12-14-6-4-5-7-16(14)22-3/h4-7,15,17H,8-13H2,1-3H3,(H,19,21)/t15-,17-/m1/s1. The molecule has 0 spiro atoms. The van der Waals surface area contributed by atoms with E-state index in [2.05, 4.69) is 10.2 Å². The van der Waals surface area contributed by atoms with Gasteiger partial charge in [0.1, 0.15) is 11.9 Å². The molecule has 1 aromatic carbocycles. The SMILES string of the molecule is COc1ccccc1CC(=O)N[C@@H]1CCOC[C@H]1OCCN(C)C. The van der Waals surface area contributed by atoms with Gasteiger partial charge in [-0.05, 0) is 26.6 Å². The fourth-order valence-electron chi connectivity index (χ4n) is 2.71. The van der Waals surface area contributed by atoms with E-state index in [-0.39, 0.29) is 18.1 Å². The predicted molar refractivity (Wildman–Crippen MR) is 92.4 cm³/mol. The monoisotopic (exact) mass is 336 g/mol. The maximum atomic E-state index is 12.4. The summed E-state index contributed by atoms with van der Waals surface area (Å²) in [5.41, 5.74) is 0.884. The van der Waals surface area contributed by atoms with E-state index in [4.69, 9.17) is 14.2 Å². The highest BCUT2D eigenvalue weighted by Gasteiger charge is 2.28. The first kappa shape index (κ1) is 18.7. The Balaban J connectivity index is 1.88. The van der Waals surface area contributed by atoms with E-state index in [9.17, 15) is 4.79 Å². The highest BCUT2D eigenvalue weighted by atomic mass is 16.5. The third kappa shape index (κ3) is 5.78. The van der Waals surface area contributed by atoms with E-state index in [0.717, 1.165) is 24.3 Å². The van der Waals surface area contributed by atoms with Gasteiger partial charge in [0.15, 0.2) is 0 Å². The second kappa shape index (κ2) is 9.61. The Labute approximate surface area is 144 Å². The Hall–Kier alpha value is -1.63. The van der Waals surface area contributed by atoms with Crippen LogP contribution in [0.5, 0.6) is 5.75 Å². The van der Waals surface area contributed by atoms with Crippen LogP contribution in [0.4, 0.5) is 0 Å². The summed E-state index contributed by atoms with van der Waals surface area (Å²) >= 11 is 0. The summed E-state index contributed by atoms with van der Waals surface area (Å²) in [6, 6.07) is 7.57. The normalized spacial score (nSPS) is 20.8. The number of hydrogen-bond donors (Lipinski definition) is 1. The number of nitrogens with one attached hydrogen (secondary N) is 1. The Morgan fingerprint density at radius 3 is 2.92 bits per heavy atom. The van der Waals surface area contributed by atoms with Crippen molar-refractivity contribution in [1.82, 2.24) is 10.2 Å². The maximum Gasteiger partial charge on any atom is 0.224 e. The van der Waals surface area contributed by atoms with Crippen molar-refractivity contribution in [3.8, 4) is 5.75 Å². The largest absolute Gasteiger partial charge is 0.496 e. The second-order valence-corrected chi connectivity index (χ2v) is 6.24. The molecule has 0 aromatic heterocycles. The van der Waals surface area contributed by atoms with Crippen molar-refractivity contribution in [3.05, 3.63) is 29.8 Å². The van der Waals surface area contributed by atoms with E-state index in [1.54, 1.807) is 7.11 Å². The summed E-state index contributed by atoms with van der Waals surface area (Å²) in [6.07, 6.45) is 0.969. The number of methoxy groups -OCH3 is 1. The molecule has 1 saturated heterocycles. The third-order valence-electron chi connectivity index (χ3n) is 4.06. The van der Waals surface area contributed by atoms with Gasteiger partial charge in [0.2, 0.25) is 5.91 Å². The molecule has 1 fully saturated rings. The Kier molecular flexibility index (Phi) is 7.49. The summed E-state index contributed by atoms with van der Waals surface area (Å²) in [5.74, 6) is 0.714. The fourth-order valence-corrected chi connectivity index (χ4v) is 2.71. The van der Waals surface area contributed by atoms with E-state index < -0.39 is 0 Å². The van der Waals surface area contributed by atoms with Gasteiger partial charge in [-0.3, -0.25) is 4.79 Å². The molecule has 1 amide bonds. The number of benzene rings is 1. The van der Waals surface area contributed by atoms with Gasteiger partial charge >= 0.3 is 0 Å². The van der Waals surface area contributed by atoms with Crippen molar-refractivity contribution < 1.29 is 19.0 Å². The second-order valence-electron chi connectivity index (χ2n) is 6.24. The fraction of sp³-hybridized carbons (Fsp3) is 0.611. The molecule has 0 unspecified atom stereocenters. The molecule has 0 bridgehead atoms. The zero-order chi connectivity index (χ0) is 17.4. The van der Waals surface area contributed by atoms with Gasteiger partial charge in [0.05, 0.1) is 32.8 Å². The van der Waals surface area contributed by atoms with E-state index in [0.29, 0.717) is 26.2 Å². The van der Waals surface area contributed by atoms with Gasteiger partial charge in [-0.15, -0.1) is 0 Å². The van der Waals surface area contributed by atoms with Crippen LogP contribution in [-0.2, 0) is 20.7 Å². The number of ether oxygens (including phenoxy) is 3. The van der Waals surface area contributed by atoms with E-state index >= 15 is 0 Å². The predicted octanol–water partition coefficient (Wildman–Crippen LogP) is 1.09. The van der Waals surface area contributed by atoms with Crippen molar-refractivity contribution in [1.29, 1.82) is 0 Å². The Bertz CT molecular complexity index is 521. The highest BCUT2D eigenvalue weighted by molar-refractivity contribution is 5.79. The summed E-state index contributed by atoms with van der Waals surface area (Å²) in [4.78, 5) is 14.5. The van der Waals surface area contributed by atoms with Crippen molar-refractivity contribution in [3.63, 3.8) is 0 Å². The highest BCUT2D eigenvalue weighted by Crippen LogP contribution is 2.18. The first-order chi connectivity index (χ1) is 11.6. The number of nitrogens with zero attached hydrogens (tertiary/aromatic N) is 1. The number of carbonyl (C=O) groups excluding carboxylic acids is 1. The van der Waals surface area contributed by atoms with Crippen molar-refractivity contribution in [2.24, 2.45) is 0 Å². The lowest BCUT2D eigenvalue weighted by atomic mass is 10.0. The van der Waals surface area contributed by atoms with Crippen LogP contribution in [0.25, 0.3) is 0 Å². The molecule has 0 saturated carbocycles. The molecule has 6 heteroatoms. The average Bonchev–Trinajstić information content (AvgIpc) is 2.56. The zero-order valence-electron chi connectivity index (χ0n) is 14.8. The number of carbonyl (C=O) groups is 1. The lowest BCUT2D eigenvalue weighted by Crippen LogP contribution is -2.50. The molecule has 2 atom stereocenters. The topological polar surface area (TPSA) is 60.0 Å². The number of likely N-dealkylation sites (N-methyl/N-ethyl adjacent to an activating group) is 1. The summed E-state index contributed by atoms with van der Waals surface area (Å²) in [5, 5.41) is 3.09. The molecule has 24 heavy (non-hydrogen) atoms. The molecule has 1 aliphatic rings. The summed E-state index contributed by atoms with van der Waals surface area (Å²) in [6.45, 7) is 2.64. The molecule has 1 N–H and O–H groups in total. The molecule has 0 radical (unpaired) electrons. The number of hydrogen-bond acceptors (Lipinski definition) is 5. The molecule has 1 heterocycles. The first-order valence-corrected chi connectivity index (χ1v) is 8.35. The molecule has 1 aromatic rings. The number of para-hydroxylation sites is 1. The van der Waals surface area contributed by atoms with Crippen LogP contribution in [0, 0.1) is 0 Å². The van der Waals surface area contributed by atoms with Gasteiger partial charge in [0.25, 0.3) is 0 Å². The number of rotatable bonds is 8. The van der Waals surface area contributed by atoms with Crippen LogP contribution < -0.4 is 10.1 Å². The van der Waals surface area contributed by atoms with Crippen LogP contribution in [0.3, 0.4) is 0 Å². The first-order valence-electron chi connectivity index (χ1n) is 8.35. The molecular formula is C18H28N2O4. The van der Waals surface area contributed by atoms with E-state index in [1.807, 2.05) is 38.4 Å². The molecule has 1 aliphatic heterocycles. The average molecular weight is 336 g/mol. The van der Waals surface area contributed by atoms with E-state index in [1.165, 1.54) is 0 Å². The van der Waals surface area contributed by atoms with Gasteiger partial charge in [-0.1, -0.05) is 18.2 Å². The molecule has 134 valence electrons. The smallest absolute Gasteiger partial charge is 0.224 e. The Morgan fingerprint density at radius 1 is 1.38 bits per heavy atom. The van der Waals surface area contributed by atoms with Crippen LogP contribution in [-0.4, -0.2) is 70.5 Å². The van der Waals surface area contributed by atoms with Crippen LogP contribution in [0.2, 0.25) is 0 Å². The third-order valence-corrected chi connectivity index (χ3v) is 4.06. The quantitative estimate of drug-likeness (QED) is 0.770. The minimum Gasteiger partial charge on any atom is -0.496 e. The van der Waals surface area contributed by atoms with Gasteiger partial charge in [-0.2, -0.15) is 0 Å². The van der Waals surface area contributed by atoms with Crippen molar-refractivity contribution in [2.45, 2.75) is 25.0 Å². The van der Waals surface area contributed by atoms with Gasteiger partial charge in [-0.25, -0.2) is 0 Å². The Morgan fingerprint density at radius 2 is 2.17 bits per heavy atom. The zero-order valence-corrected chi connectivity index (χ0v) is 14.8. The lowest BCUT2D eigenvalue weighted by molar-refractivity contribution is -0.125. The van der Waals surface area contributed by atoms with Crippen LogP contribution in [0.1, 0.15) is 12.0 Å². The van der Waals surface area contributed by atoms with Crippen molar-refractivity contribution in [2.75, 3.05) is 47.6 Å². The number of amides is 1. The molecule has 6 nitrogen and oxygen atoms in total. The maximum absolute atomic E-state index is 12.4. The molecular weight excluding hydrogens is 308 g/mol.